The first-order valence-electron chi connectivity index (χ1n) is 9.74. The fraction of sp³-hybridized carbons (Fsp3) is 0.455. The molecule has 2 saturated heterocycles. The number of rotatable bonds is 5. The maximum Gasteiger partial charge on any atom is 0.145 e. The minimum absolute atomic E-state index is 0.0633. The Morgan fingerprint density at radius 2 is 1.93 bits per heavy atom. The van der Waals surface area contributed by atoms with Gasteiger partial charge in [-0.3, -0.25) is 0 Å². The van der Waals surface area contributed by atoms with Gasteiger partial charge in [0, 0.05) is 5.02 Å². The van der Waals surface area contributed by atoms with Crippen LogP contribution in [0.25, 0.3) is 0 Å². The summed E-state index contributed by atoms with van der Waals surface area (Å²) < 4.78 is 16.7. The third-order valence-electron chi connectivity index (χ3n) is 5.64. The summed E-state index contributed by atoms with van der Waals surface area (Å²) in [4.78, 5) is 0. The third kappa shape index (κ3) is 3.89. The molecule has 0 aromatic heterocycles. The molecule has 5 atom stereocenters. The summed E-state index contributed by atoms with van der Waals surface area (Å²) >= 11 is 6.40. The molecule has 0 spiro atoms. The lowest BCUT2D eigenvalue weighted by Crippen LogP contribution is -2.63. The number of aliphatic hydroxyl groups excluding tert-OH is 2. The minimum Gasteiger partial charge on any atom is -0.494 e. The zero-order chi connectivity index (χ0) is 20.6. The summed E-state index contributed by atoms with van der Waals surface area (Å²) in [5, 5.41) is 32.2. The van der Waals surface area contributed by atoms with Crippen molar-refractivity contribution in [3.05, 3.63) is 64.2 Å². The maximum atomic E-state index is 10.6. The van der Waals surface area contributed by atoms with Crippen LogP contribution in [0.2, 0.25) is 5.02 Å². The SMILES string of the molecule is CCOc1ccc(Cc2cc(C3OC4COCC4(O)C(O)C3O)ccc2Cl)cc1. The van der Waals surface area contributed by atoms with Crippen LogP contribution in [0.5, 0.6) is 5.75 Å². The molecule has 0 radical (unpaired) electrons. The number of hydrogen-bond acceptors (Lipinski definition) is 6. The molecule has 2 fully saturated rings. The van der Waals surface area contributed by atoms with E-state index in [-0.39, 0.29) is 13.2 Å². The van der Waals surface area contributed by atoms with Crippen LogP contribution in [-0.4, -0.2) is 59.1 Å². The molecule has 2 heterocycles. The van der Waals surface area contributed by atoms with Gasteiger partial charge in [0.15, 0.2) is 0 Å². The highest BCUT2D eigenvalue weighted by molar-refractivity contribution is 6.31. The van der Waals surface area contributed by atoms with Crippen LogP contribution in [0.4, 0.5) is 0 Å². The second-order valence-electron chi connectivity index (χ2n) is 7.59. The zero-order valence-electron chi connectivity index (χ0n) is 16.1. The van der Waals surface area contributed by atoms with E-state index >= 15 is 0 Å². The first kappa shape index (κ1) is 20.6. The first-order chi connectivity index (χ1) is 13.9. The fourth-order valence-electron chi connectivity index (χ4n) is 3.99. The van der Waals surface area contributed by atoms with Gasteiger partial charge in [-0.2, -0.15) is 0 Å². The summed E-state index contributed by atoms with van der Waals surface area (Å²) in [5.41, 5.74) is 1.04. The van der Waals surface area contributed by atoms with E-state index < -0.39 is 30.0 Å². The predicted molar refractivity (Wildman–Crippen MR) is 107 cm³/mol. The van der Waals surface area contributed by atoms with Crippen LogP contribution in [0.15, 0.2) is 42.5 Å². The average molecular weight is 421 g/mol. The Balaban J connectivity index is 1.56. The lowest BCUT2D eigenvalue weighted by Gasteiger charge is -2.44. The van der Waals surface area contributed by atoms with Gasteiger partial charge in [0.25, 0.3) is 0 Å². The molecule has 2 aliphatic heterocycles. The lowest BCUT2D eigenvalue weighted by atomic mass is 9.82. The molecule has 7 heteroatoms. The Morgan fingerprint density at radius 3 is 2.66 bits per heavy atom. The molecule has 29 heavy (non-hydrogen) atoms. The van der Waals surface area contributed by atoms with E-state index in [0.717, 1.165) is 16.9 Å². The van der Waals surface area contributed by atoms with Crippen molar-refractivity contribution in [1.29, 1.82) is 0 Å². The van der Waals surface area contributed by atoms with Gasteiger partial charge >= 0.3 is 0 Å². The molecule has 156 valence electrons. The molecule has 2 aromatic rings. The second kappa shape index (κ2) is 8.22. The quantitative estimate of drug-likeness (QED) is 0.687. The van der Waals surface area contributed by atoms with Crippen LogP contribution in [-0.2, 0) is 15.9 Å². The standard InChI is InChI=1S/C22H25ClO6/c1-2-28-16-6-3-13(4-7-16)9-15-10-14(5-8-17(15)23)20-19(24)21(25)22(26)12-27-11-18(22)29-20/h3-8,10,18-21,24-26H,2,9,11-12H2,1H3. The molecule has 2 aliphatic rings. The molecule has 2 aromatic carbocycles. The van der Waals surface area contributed by atoms with E-state index in [4.69, 9.17) is 25.8 Å². The lowest BCUT2D eigenvalue weighted by molar-refractivity contribution is -0.254. The van der Waals surface area contributed by atoms with E-state index in [1.165, 1.54) is 0 Å². The van der Waals surface area contributed by atoms with Crippen LogP contribution < -0.4 is 4.74 Å². The molecule has 6 nitrogen and oxygen atoms in total. The molecule has 0 aliphatic carbocycles. The number of hydrogen-bond donors (Lipinski definition) is 3. The molecule has 0 bridgehead atoms. The number of aliphatic hydroxyl groups is 3. The van der Waals surface area contributed by atoms with Gasteiger partial charge in [0.1, 0.15) is 35.8 Å². The van der Waals surface area contributed by atoms with Gasteiger partial charge in [-0.15, -0.1) is 0 Å². The van der Waals surface area contributed by atoms with Crippen molar-refractivity contribution in [3.8, 4) is 5.75 Å². The number of fused-ring (bicyclic) bond motifs is 1. The maximum absolute atomic E-state index is 10.6. The van der Waals surface area contributed by atoms with Gasteiger partial charge < -0.3 is 29.5 Å². The van der Waals surface area contributed by atoms with E-state index in [1.54, 1.807) is 12.1 Å². The van der Waals surface area contributed by atoms with Crippen LogP contribution in [0.1, 0.15) is 29.7 Å². The van der Waals surface area contributed by atoms with Gasteiger partial charge in [-0.25, -0.2) is 0 Å². The summed E-state index contributed by atoms with van der Waals surface area (Å²) in [6.45, 7) is 2.66. The van der Waals surface area contributed by atoms with Crippen molar-refractivity contribution in [3.63, 3.8) is 0 Å². The van der Waals surface area contributed by atoms with Crippen LogP contribution >= 0.6 is 11.6 Å². The summed E-state index contributed by atoms with van der Waals surface area (Å²) in [6.07, 6.45) is -3.53. The third-order valence-corrected chi connectivity index (χ3v) is 6.01. The number of ether oxygens (including phenoxy) is 3. The Labute approximate surface area is 174 Å². The zero-order valence-corrected chi connectivity index (χ0v) is 16.9. The Kier molecular flexibility index (Phi) is 5.84. The number of benzene rings is 2. The Hall–Kier alpha value is -1.67. The Bertz CT molecular complexity index is 857. The summed E-state index contributed by atoms with van der Waals surface area (Å²) in [6, 6.07) is 13.2. The second-order valence-corrected chi connectivity index (χ2v) is 8.00. The van der Waals surface area contributed by atoms with Crippen molar-refractivity contribution in [1.82, 2.24) is 0 Å². The molecule has 5 unspecified atom stereocenters. The predicted octanol–water partition coefficient (Wildman–Crippen LogP) is 2.25. The number of halogens is 1. The highest BCUT2D eigenvalue weighted by Gasteiger charge is 2.57. The Morgan fingerprint density at radius 1 is 1.17 bits per heavy atom. The van der Waals surface area contributed by atoms with Crippen LogP contribution in [0.3, 0.4) is 0 Å². The van der Waals surface area contributed by atoms with Gasteiger partial charge in [-0.05, 0) is 48.2 Å². The van der Waals surface area contributed by atoms with Crippen LogP contribution in [0, 0.1) is 0 Å². The molecule has 0 saturated carbocycles. The van der Waals surface area contributed by atoms with Gasteiger partial charge in [0.05, 0.1) is 19.8 Å². The monoisotopic (exact) mass is 420 g/mol. The normalized spacial score (nSPS) is 31.5. The van der Waals surface area contributed by atoms with Gasteiger partial charge in [-0.1, -0.05) is 35.9 Å². The highest BCUT2D eigenvalue weighted by Crippen LogP contribution is 2.41. The first-order valence-corrected chi connectivity index (χ1v) is 10.1. The average Bonchev–Trinajstić information content (AvgIpc) is 3.10. The molecular formula is C22H25ClO6. The van der Waals surface area contributed by atoms with Crippen molar-refractivity contribution >= 4 is 11.6 Å². The summed E-state index contributed by atoms with van der Waals surface area (Å²) in [5.74, 6) is 0.815. The van der Waals surface area contributed by atoms with E-state index in [1.807, 2.05) is 37.3 Å². The van der Waals surface area contributed by atoms with Crippen molar-refractivity contribution in [2.24, 2.45) is 0 Å². The fourth-order valence-corrected chi connectivity index (χ4v) is 4.18. The molecule has 0 amide bonds. The van der Waals surface area contributed by atoms with Crippen molar-refractivity contribution in [2.45, 2.75) is 43.4 Å². The highest BCUT2D eigenvalue weighted by atomic mass is 35.5. The molecular weight excluding hydrogens is 396 g/mol. The van der Waals surface area contributed by atoms with E-state index in [2.05, 4.69) is 0 Å². The van der Waals surface area contributed by atoms with Gasteiger partial charge in [0.2, 0.25) is 0 Å². The molecule has 3 N–H and O–H groups in total. The van der Waals surface area contributed by atoms with Crippen molar-refractivity contribution < 1.29 is 29.5 Å². The molecule has 4 rings (SSSR count). The topological polar surface area (TPSA) is 88.4 Å². The van der Waals surface area contributed by atoms with E-state index in [9.17, 15) is 15.3 Å². The van der Waals surface area contributed by atoms with Crippen molar-refractivity contribution in [2.75, 3.05) is 19.8 Å². The minimum atomic E-state index is -1.59. The summed E-state index contributed by atoms with van der Waals surface area (Å²) in [7, 11) is 0. The van der Waals surface area contributed by atoms with E-state index in [0.29, 0.717) is 23.6 Å². The smallest absolute Gasteiger partial charge is 0.145 e. The largest absolute Gasteiger partial charge is 0.494 e.